The van der Waals surface area contributed by atoms with Crippen LogP contribution in [0.1, 0.15) is 57.0 Å². The molecule has 0 bridgehead atoms. The molecule has 17 heavy (non-hydrogen) atoms. The van der Waals surface area contributed by atoms with Gasteiger partial charge in [0.2, 0.25) is 0 Å². The smallest absolute Gasteiger partial charge is 0.134 e. The molecular formula is C14H23N3. The van der Waals surface area contributed by atoms with Crippen molar-refractivity contribution in [1.29, 1.82) is 0 Å². The summed E-state index contributed by atoms with van der Waals surface area (Å²) in [4.78, 5) is 9.27. The van der Waals surface area contributed by atoms with Crippen LogP contribution in [-0.2, 0) is 0 Å². The van der Waals surface area contributed by atoms with Gasteiger partial charge in [-0.05, 0) is 39.0 Å². The normalized spacial score (nSPS) is 23.9. The minimum Gasteiger partial charge on any atom is -0.370 e. The van der Waals surface area contributed by atoms with Crippen LogP contribution < -0.4 is 5.32 Å². The first-order valence-electron chi connectivity index (χ1n) is 6.82. The largest absolute Gasteiger partial charge is 0.370 e. The number of anilines is 1. The maximum Gasteiger partial charge on any atom is 0.134 e. The molecule has 0 aliphatic heterocycles. The minimum atomic E-state index is 0.581. The Morgan fingerprint density at radius 2 is 2.12 bits per heavy atom. The van der Waals surface area contributed by atoms with E-state index in [1.54, 1.807) is 0 Å². The fourth-order valence-corrected chi connectivity index (χ4v) is 2.73. The second-order valence-corrected chi connectivity index (χ2v) is 5.07. The van der Waals surface area contributed by atoms with E-state index in [-0.39, 0.29) is 0 Å². The van der Waals surface area contributed by atoms with Gasteiger partial charge in [0.1, 0.15) is 11.6 Å². The van der Waals surface area contributed by atoms with E-state index in [0.29, 0.717) is 5.92 Å². The zero-order valence-electron chi connectivity index (χ0n) is 11.2. The molecule has 0 spiro atoms. The van der Waals surface area contributed by atoms with Crippen LogP contribution >= 0.6 is 0 Å². The van der Waals surface area contributed by atoms with Crippen LogP contribution in [0.5, 0.6) is 0 Å². The van der Waals surface area contributed by atoms with Crippen molar-refractivity contribution in [3.05, 3.63) is 17.6 Å². The minimum absolute atomic E-state index is 0.581. The van der Waals surface area contributed by atoms with Crippen LogP contribution in [0.4, 0.5) is 5.82 Å². The number of nitrogens with zero attached hydrogens (tertiary/aromatic N) is 2. The second-order valence-electron chi connectivity index (χ2n) is 5.07. The van der Waals surface area contributed by atoms with E-state index in [9.17, 15) is 0 Å². The van der Waals surface area contributed by atoms with E-state index in [2.05, 4.69) is 36.1 Å². The van der Waals surface area contributed by atoms with E-state index in [0.717, 1.165) is 29.8 Å². The van der Waals surface area contributed by atoms with E-state index in [1.165, 1.54) is 25.7 Å². The first-order valence-corrected chi connectivity index (χ1v) is 6.82. The third kappa shape index (κ3) is 2.96. The molecule has 1 aliphatic carbocycles. The van der Waals surface area contributed by atoms with Gasteiger partial charge in [-0.3, -0.25) is 0 Å². The molecule has 3 nitrogen and oxygen atoms in total. The Bertz CT molecular complexity index is 376. The molecule has 3 heteroatoms. The third-order valence-corrected chi connectivity index (χ3v) is 3.71. The van der Waals surface area contributed by atoms with Crippen LogP contribution in [0.3, 0.4) is 0 Å². The maximum absolute atomic E-state index is 4.65. The van der Waals surface area contributed by atoms with E-state index in [1.807, 2.05) is 6.07 Å². The van der Waals surface area contributed by atoms with Gasteiger partial charge < -0.3 is 5.32 Å². The fourth-order valence-electron chi connectivity index (χ4n) is 2.73. The lowest BCUT2D eigenvalue weighted by molar-refractivity contribution is 0.516. The predicted molar refractivity (Wildman–Crippen MR) is 71.3 cm³/mol. The summed E-state index contributed by atoms with van der Waals surface area (Å²) < 4.78 is 0. The number of hydrogen-bond acceptors (Lipinski definition) is 3. The second kappa shape index (κ2) is 5.48. The zero-order chi connectivity index (χ0) is 12.3. The molecule has 1 heterocycles. The van der Waals surface area contributed by atoms with Crippen molar-refractivity contribution in [2.75, 3.05) is 11.9 Å². The third-order valence-electron chi connectivity index (χ3n) is 3.71. The Labute approximate surface area is 104 Å². The van der Waals surface area contributed by atoms with Crippen LogP contribution in [0.25, 0.3) is 0 Å². The average Bonchev–Trinajstić information content (AvgIpc) is 2.77. The highest BCUT2D eigenvalue weighted by molar-refractivity contribution is 5.36. The Kier molecular flexibility index (Phi) is 3.97. The quantitative estimate of drug-likeness (QED) is 0.864. The SMILES string of the molecule is CCNc1cc(C)nc(C2CCC(CC)C2)n1. The number of nitrogens with one attached hydrogen (secondary N) is 1. The monoisotopic (exact) mass is 233 g/mol. The summed E-state index contributed by atoms with van der Waals surface area (Å²) in [5, 5.41) is 3.29. The summed E-state index contributed by atoms with van der Waals surface area (Å²) in [5.74, 6) is 3.50. The Morgan fingerprint density at radius 3 is 2.76 bits per heavy atom. The Morgan fingerprint density at radius 1 is 1.29 bits per heavy atom. The predicted octanol–water partition coefficient (Wildman–Crippen LogP) is 3.51. The van der Waals surface area contributed by atoms with Crippen molar-refractivity contribution < 1.29 is 0 Å². The molecule has 0 aromatic carbocycles. The van der Waals surface area contributed by atoms with Gasteiger partial charge >= 0.3 is 0 Å². The number of aromatic nitrogens is 2. The van der Waals surface area contributed by atoms with Gasteiger partial charge in [0, 0.05) is 24.2 Å². The van der Waals surface area contributed by atoms with Crippen molar-refractivity contribution in [2.24, 2.45) is 5.92 Å². The molecule has 1 saturated carbocycles. The molecule has 0 radical (unpaired) electrons. The number of aryl methyl sites for hydroxylation is 1. The lowest BCUT2D eigenvalue weighted by Crippen LogP contribution is -2.07. The highest BCUT2D eigenvalue weighted by Gasteiger charge is 2.26. The molecule has 1 fully saturated rings. The molecule has 2 rings (SSSR count). The standard InChI is InChI=1S/C14H23N3/c1-4-11-6-7-12(9-11)14-16-10(3)8-13(17-14)15-5-2/h8,11-12H,4-7,9H2,1-3H3,(H,15,16,17). The van der Waals surface area contributed by atoms with Gasteiger partial charge in [-0.1, -0.05) is 13.3 Å². The van der Waals surface area contributed by atoms with Crippen molar-refractivity contribution in [3.8, 4) is 0 Å². The zero-order valence-corrected chi connectivity index (χ0v) is 11.2. The van der Waals surface area contributed by atoms with Crippen LogP contribution in [0, 0.1) is 12.8 Å². The highest BCUT2D eigenvalue weighted by atomic mass is 15.0. The molecule has 0 amide bonds. The van der Waals surface area contributed by atoms with Gasteiger partial charge in [-0.25, -0.2) is 9.97 Å². The summed E-state index contributed by atoms with van der Waals surface area (Å²) in [7, 11) is 0. The maximum atomic E-state index is 4.65. The summed E-state index contributed by atoms with van der Waals surface area (Å²) in [6.45, 7) is 7.35. The van der Waals surface area contributed by atoms with Crippen LogP contribution in [0.2, 0.25) is 0 Å². The molecule has 1 aromatic rings. The van der Waals surface area contributed by atoms with Crippen molar-refractivity contribution >= 4 is 5.82 Å². The average molecular weight is 233 g/mol. The first kappa shape index (κ1) is 12.3. The first-order chi connectivity index (χ1) is 8.22. The van der Waals surface area contributed by atoms with Crippen molar-refractivity contribution in [2.45, 2.75) is 52.4 Å². The van der Waals surface area contributed by atoms with Gasteiger partial charge in [-0.15, -0.1) is 0 Å². The number of hydrogen-bond donors (Lipinski definition) is 1. The van der Waals surface area contributed by atoms with Gasteiger partial charge in [-0.2, -0.15) is 0 Å². The van der Waals surface area contributed by atoms with Gasteiger partial charge in [0.25, 0.3) is 0 Å². The van der Waals surface area contributed by atoms with Crippen molar-refractivity contribution in [3.63, 3.8) is 0 Å². The van der Waals surface area contributed by atoms with Crippen LogP contribution in [-0.4, -0.2) is 16.5 Å². The molecule has 1 N–H and O–H groups in total. The molecule has 0 saturated heterocycles. The molecular weight excluding hydrogens is 210 g/mol. The van der Waals surface area contributed by atoms with Gasteiger partial charge in [0.15, 0.2) is 0 Å². The summed E-state index contributed by atoms with van der Waals surface area (Å²) in [6, 6.07) is 2.03. The van der Waals surface area contributed by atoms with Crippen molar-refractivity contribution in [1.82, 2.24) is 9.97 Å². The molecule has 1 aliphatic rings. The van der Waals surface area contributed by atoms with E-state index in [4.69, 9.17) is 0 Å². The summed E-state index contributed by atoms with van der Waals surface area (Å²) in [5.41, 5.74) is 1.07. The molecule has 2 atom stereocenters. The number of rotatable bonds is 4. The summed E-state index contributed by atoms with van der Waals surface area (Å²) >= 11 is 0. The van der Waals surface area contributed by atoms with Gasteiger partial charge in [0.05, 0.1) is 0 Å². The van der Waals surface area contributed by atoms with E-state index >= 15 is 0 Å². The Hall–Kier alpha value is -1.12. The fraction of sp³-hybridized carbons (Fsp3) is 0.714. The lowest BCUT2D eigenvalue weighted by atomic mass is 10.0. The molecule has 2 unspecified atom stereocenters. The molecule has 94 valence electrons. The lowest BCUT2D eigenvalue weighted by Gasteiger charge is -2.12. The van der Waals surface area contributed by atoms with E-state index < -0.39 is 0 Å². The summed E-state index contributed by atoms with van der Waals surface area (Å²) in [6.07, 6.45) is 5.16. The molecule has 1 aromatic heterocycles. The van der Waals surface area contributed by atoms with Crippen LogP contribution in [0.15, 0.2) is 6.07 Å². The highest BCUT2D eigenvalue weighted by Crippen LogP contribution is 2.38. The Balaban J connectivity index is 2.15. The topological polar surface area (TPSA) is 37.8 Å².